The lowest BCUT2D eigenvalue weighted by atomic mass is 9.87. The van der Waals surface area contributed by atoms with Crippen molar-refractivity contribution in [3.8, 4) is 5.75 Å². The van der Waals surface area contributed by atoms with E-state index in [1.54, 1.807) is 0 Å². The van der Waals surface area contributed by atoms with Crippen LogP contribution in [0.2, 0.25) is 0 Å². The van der Waals surface area contributed by atoms with E-state index in [0.29, 0.717) is 0 Å². The third-order valence-corrected chi connectivity index (χ3v) is 5.76. The van der Waals surface area contributed by atoms with Gasteiger partial charge >= 0.3 is 47.6 Å². The van der Waals surface area contributed by atoms with E-state index in [9.17, 15) is 74.6 Å². The van der Waals surface area contributed by atoms with Crippen molar-refractivity contribution in [1.29, 1.82) is 0 Å². The van der Waals surface area contributed by atoms with Crippen LogP contribution in [0, 0.1) is 0 Å². The van der Waals surface area contributed by atoms with Crippen molar-refractivity contribution in [3.05, 3.63) is 29.8 Å². The molecule has 0 fully saturated rings. The topological polar surface area (TPSA) is 9.23 Å². The van der Waals surface area contributed by atoms with Crippen LogP contribution < -0.4 is 4.74 Å². The normalized spacial score (nSPS) is 16.1. The molecule has 0 aliphatic rings. The fraction of sp³-hybridized carbons (Fsp3) is 0.667. The SMILES string of the molecule is COc1ccc(CC(I)CC(F)(F)C(F)(F)C(F)(F)C(F)(F)C(F)(F)C(F)(F)C(F)(F)C(F)(F)F)cc1. The van der Waals surface area contributed by atoms with Gasteiger partial charge in [-0.15, -0.1) is 0 Å². The minimum Gasteiger partial charge on any atom is -0.497 e. The number of halogens is 18. The van der Waals surface area contributed by atoms with Gasteiger partial charge in [0.15, 0.2) is 0 Å². The van der Waals surface area contributed by atoms with Gasteiger partial charge in [-0.25, -0.2) is 0 Å². The first kappa shape index (κ1) is 33.6. The van der Waals surface area contributed by atoms with Crippen molar-refractivity contribution < 1.29 is 79.4 Å². The van der Waals surface area contributed by atoms with Gasteiger partial charge in [-0.05, 0) is 24.1 Å². The maximum Gasteiger partial charge on any atom is 0.460 e. The second-order valence-corrected chi connectivity index (χ2v) is 9.26. The summed E-state index contributed by atoms with van der Waals surface area (Å²) in [6.07, 6.45) is -10.9. The summed E-state index contributed by atoms with van der Waals surface area (Å²) in [6.45, 7) is 0. The molecule has 0 aliphatic heterocycles. The van der Waals surface area contributed by atoms with E-state index in [0.717, 1.165) is 22.6 Å². The molecule has 0 saturated heterocycles. The number of methoxy groups -OCH3 is 1. The molecule has 1 aromatic rings. The highest BCUT2D eigenvalue weighted by molar-refractivity contribution is 14.1. The first-order chi connectivity index (χ1) is 16.2. The third-order valence-electron chi connectivity index (χ3n) is 4.88. The smallest absolute Gasteiger partial charge is 0.460 e. The van der Waals surface area contributed by atoms with Crippen LogP contribution in [0.25, 0.3) is 0 Å². The zero-order valence-corrected chi connectivity index (χ0v) is 19.7. The second kappa shape index (κ2) is 9.95. The molecule has 37 heavy (non-hydrogen) atoms. The molecule has 0 aliphatic carbocycles. The Morgan fingerprint density at radius 1 is 0.595 bits per heavy atom. The van der Waals surface area contributed by atoms with E-state index in [-0.39, 0.29) is 11.3 Å². The highest BCUT2D eigenvalue weighted by Gasteiger charge is 2.95. The predicted octanol–water partition coefficient (Wildman–Crippen LogP) is 8.44. The Bertz CT molecular complexity index is 923. The van der Waals surface area contributed by atoms with Gasteiger partial charge in [0, 0.05) is 10.3 Å². The molecule has 19 heteroatoms. The van der Waals surface area contributed by atoms with Crippen LogP contribution in [0.5, 0.6) is 5.75 Å². The number of hydrogen-bond acceptors (Lipinski definition) is 1. The Hall–Kier alpha value is -1.44. The quantitative estimate of drug-likeness (QED) is 0.129. The standard InChI is InChI=1S/C18H12F17IO/c1-37-10-4-2-8(3-5-10)6-9(36)7-11(19,20)12(21,22)13(23,24)14(25,26)15(27,28)16(29,30)17(31,32)18(33,34)35/h2-5,9H,6-7H2,1H3. The zero-order chi connectivity index (χ0) is 29.7. The Balaban J connectivity index is 3.39. The van der Waals surface area contributed by atoms with Gasteiger partial charge in [-0.3, -0.25) is 0 Å². The van der Waals surface area contributed by atoms with Crippen LogP contribution in [0.15, 0.2) is 24.3 Å². The molecule has 0 spiro atoms. The van der Waals surface area contributed by atoms with E-state index in [1.165, 1.54) is 31.4 Å². The van der Waals surface area contributed by atoms with E-state index in [4.69, 9.17) is 4.74 Å². The zero-order valence-electron chi connectivity index (χ0n) is 17.5. The highest BCUT2D eigenvalue weighted by Crippen LogP contribution is 2.64. The molecule has 1 unspecified atom stereocenters. The highest BCUT2D eigenvalue weighted by atomic mass is 127. The van der Waals surface area contributed by atoms with Gasteiger partial charge in [0.1, 0.15) is 5.75 Å². The molecule has 0 heterocycles. The predicted molar refractivity (Wildman–Crippen MR) is 99.8 cm³/mol. The lowest BCUT2D eigenvalue weighted by Gasteiger charge is -2.43. The molecule has 0 bridgehead atoms. The van der Waals surface area contributed by atoms with Gasteiger partial charge in [-0.2, -0.15) is 74.6 Å². The summed E-state index contributed by atoms with van der Waals surface area (Å²) in [5.41, 5.74) is 0.0666. The fourth-order valence-electron chi connectivity index (χ4n) is 2.69. The lowest BCUT2D eigenvalue weighted by Crippen LogP contribution is -2.74. The van der Waals surface area contributed by atoms with Crippen LogP contribution in [0.3, 0.4) is 0 Å². The van der Waals surface area contributed by atoms with Gasteiger partial charge in [0.05, 0.1) is 7.11 Å². The van der Waals surface area contributed by atoms with Crippen molar-refractivity contribution >= 4 is 22.6 Å². The Labute approximate surface area is 209 Å². The van der Waals surface area contributed by atoms with Crippen LogP contribution >= 0.6 is 22.6 Å². The molecular weight excluding hydrogens is 682 g/mol. The maximum atomic E-state index is 14.1. The number of ether oxygens (including phenoxy) is 1. The minimum absolute atomic E-state index is 0.0666. The third kappa shape index (κ3) is 5.38. The first-order valence-electron chi connectivity index (χ1n) is 9.14. The largest absolute Gasteiger partial charge is 0.497 e. The Morgan fingerprint density at radius 2 is 0.946 bits per heavy atom. The van der Waals surface area contributed by atoms with Crippen molar-refractivity contribution in [2.75, 3.05) is 7.11 Å². The van der Waals surface area contributed by atoms with E-state index < -0.39 is 64.4 Å². The summed E-state index contributed by atoms with van der Waals surface area (Å²) < 4.78 is 229. The molecule has 0 saturated carbocycles. The molecule has 0 aromatic heterocycles. The Morgan fingerprint density at radius 3 is 1.30 bits per heavy atom. The summed E-state index contributed by atoms with van der Waals surface area (Å²) >= 11 is 0.956. The van der Waals surface area contributed by atoms with Crippen LogP contribution in [-0.4, -0.2) is 58.7 Å². The van der Waals surface area contributed by atoms with Gasteiger partial charge < -0.3 is 4.74 Å². The van der Waals surface area contributed by atoms with E-state index in [2.05, 4.69) is 0 Å². The Kier molecular flexibility index (Phi) is 9.03. The average molecular weight is 694 g/mol. The summed E-state index contributed by atoms with van der Waals surface area (Å²) in [7, 11) is 1.22. The number of benzene rings is 1. The first-order valence-corrected chi connectivity index (χ1v) is 10.4. The monoisotopic (exact) mass is 694 g/mol. The maximum absolute atomic E-state index is 14.1. The van der Waals surface area contributed by atoms with Crippen molar-refractivity contribution in [3.63, 3.8) is 0 Å². The van der Waals surface area contributed by atoms with Crippen molar-refractivity contribution in [2.24, 2.45) is 0 Å². The molecule has 1 aromatic carbocycles. The van der Waals surface area contributed by atoms with E-state index >= 15 is 0 Å². The molecule has 0 amide bonds. The van der Waals surface area contributed by atoms with Crippen LogP contribution in [0.4, 0.5) is 74.6 Å². The van der Waals surface area contributed by atoms with Crippen molar-refractivity contribution in [2.45, 2.75) is 64.4 Å². The summed E-state index contributed by atoms with van der Waals surface area (Å²) in [5, 5.41) is 0. The molecule has 1 nitrogen and oxygen atoms in total. The number of alkyl halides is 18. The van der Waals surface area contributed by atoms with Crippen molar-refractivity contribution in [1.82, 2.24) is 0 Å². The van der Waals surface area contributed by atoms with Gasteiger partial charge in [0.2, 0.25) is 0 Å². The summed E-state index contributed by atoms with van der Waals surface area (Å²) in [5.74, 6) is -55.9. The second-order valence-electron chi connectivity index (χ2n) is 7.50. The van der Waals surface area contributed by atoms with Crippen LogP contribution in [0.1, 0.15) is 12.0 Å². The number of rotatable bonds is 11. The van der Waals surface area contributed by atoms with Gasteiger partial charge in [-0.1, -0.05) is 34.7 Å². The molecule has 1 rings (SSSR count). The molecular formula is C18H12F17IO. The van der Waals surface area contributed by atoms with Gasteiger partial charge in [0.25, 0.3) is 0 Å². The van der Waals surface area contributed by atoms with Crippen LogP contribution in [-0.2, 0) is 6.42 Å². The van der Waals surface area contributed by atoms with E-state index in [1.807, 2.05) is 0 Å². The molecule has 216 valence electrons. The summed E-state index contributed by atoms with van der Waals surface area (Å²) in [4.78, 5) is 0. The number of hydrogen-bond donors (Lipinski definition) is 0. The summed E-state index contributed by atoms with van der Waals surface area (Å²) in [6, 6.07) is 4.82. The minimum atomic E-state index is -8.62. The lowest BCUT2D eigenvalue weighted by molar-refractivity contribution is -0.461. The molecule has 0 radical (unpaired) electrons. The average Bonchev–Trinajstić information content (AvgIpc) is 2.72. The molecule has 0 N–H and O–H groups in total. The molecule has 1 atom stereocenters. The fourth-order valence-corrected chi connectivity index (χ4v) is 3.75.